The number of amides is 1. The molecule has 1 fully saturated rings. The van der Waals surface area contributed by atoms with Crippen LogP contribution < -0.4 is 5.73 Å². The highest BCUT2D eigenvalue weighted by molar-refractivity contribution is 7.80. The Balaban J connectivity index is 2.48. The van der Waals surface area contributed by atoms with E-state index in [1.807, 2.05) is 6.92 Å². The smallest absolute Gasteiger partial charge is 0.254 e. The molecular weight excluding hydrogens is 212 g/mol. The second kappa shape index (κ2) is 4.90. The van der Waals surface area contributed by atoms with E-state index in [1.165, 1.54) is 0 Å². The predicted octanol–water partition coefficient (Wildman–Crippen LogP) is 0.690. The van der Waals surface area contributed by atoms with Gasteiger partial charge in [-0.1, -0.05) is 12.2 Å². The zero-order valence-electron chi connectivity index (χ0n) is 9.28. The van der Waals surface area contributed by atoms with E-state index in [-0.39, 0.29) is 5.91 Å². The average molecular weight is 230 g/mol. The van der Waals surface area contributed by atoms with Gasteiger partial charge in [-0.2, -0.15) is 0 Å². The van der Waals surface area contributed by atoms with Gasteiger partial charge in [0.1, 0.15) is 5.60 Å². The molecule has 0 aromatic carbocycles. The van der Waals surface area contributed by atoms with E-state index < -0.39 is 5.60 Å². The maximum absolute atomic E-state index is 12.0. The van der Waals surface area contributed by atoms with Gasteiger partial charge in [-0.05, 0) is 19.8 Å². The van der Waals surface area contributed by atoms with Gasteiger partial charge in [0, 0.05) is 26.6 Å². The molecule has 5 heteroatoms. The summed E-state index contributed by atoms with van der Waals surface area (Å²) in [4.78, 5) is 14.1. The Labute approximate surface area is 95.8 Å². The summed E-state index contributed by atoms with van der Waals surface area (Å²) < 4.78 is 5.47. The third-order valence-electron chi connectivity index (χ3n) is 2.71. The number of rotatable bonds is 4. The van der Waals surface area contributed by atoms with E-state index in [0.29, 0.717) is 24.6 Å². The normalized spacial score (nSPS) is 25.2. The van der Waals surface area contributed by atoms with Crippen molar-refractivity contribution in [3.8, 4) is 0 Å². The topological polar surface area (TPSA) is 55.6 Å². The fraction of sp³-hybridized carbons (Fsp3) is 0.800. The quantitative estimate of drug-likeness (QED) is 0.722. The van der Waals surface area contributed by atoms with Crippen molar-refractivity contribution in [3.05, 3.63) is 0 Å². The molecule has 0 spiro atoms. The van der Waals surface area contributed by atoms with Gasteiger partial charge in [0.05, 0.1) is 4.99 Å². The molecule has 0 aromatic rings. The summed E-state index contributed by atoms with van der Waals surface area (Å²) in [5.41, 5.74) is 4.76. The molecule has 0 radical (unpaired) electrons. The standard InChI is InChI=1S/C10H18N2O2S/c1-10(5-3-7-14-10)9(13)12(2)6-4-8(11)15/h3-7H2,1-2H3,(H2,11,15). The van der Waals surface area contributed by atoms with Crippen molar-refractivity contribution >= 4 is 23.1 Å². The molecule has 1 atom stereocenters. The van der Waals surface area contributed by atoms with Crippen molar-refractivity contribution in [3.63, 3.8) is 0 Å². The Bertz CT molecular complexity index is 262. The van der Waals surface area contributed by atoms with Crippen LogP contribution in [0.5, 0.6) is 0 Å². The van der Waals surface area contributed by atoms with Crippen LogP contribution >= 0.6 is 12.2 Å². The molecule has 0 aliphatic carbocycles. The lowest BCUT2D eigenvalue weighted by Crippen LogP contribution is -2.45. The number of nitrogens with zero attached hydrogens (tertiary/aromatic N) is 1. The summed E-state index contributed by atoms with van der Waals surface area (Å²) in [6.45, 7) is 3.08. The van der Waals surface area contributed by atoms with Gasteiger partial charge in [0.2, 0.25) is 0 Å². The summed E-state index contributed by atoms with van der Waals surface area (Å²) in [7, 11) is 1.76. The van der Waals surface area contributed by atoms with E-state index in [1.54, 1.807) is 11.9 Å². The van der Waals surface area contributed by atoms with Gasteiger partial charge < -0.3 is 15.4 Å². The van der Waals surface area contributed by atoms with Gasteiger partial charge in [0.25, 0.3) is 5.91 Å². The van der Waals surface area contributed by atoms with Crippen molar-refractivity contribution in [1.82, 2.24) is 4.90 Å². The molecule has 86 valence electrons. The maximum Gasteiger partial charge on any atom is 0.254 e. The minimum absolute atomic E-state index is 0.0243. The molecule has 0 aromatic heterocycles. The van der Waals surface area contributed by atoms with Crippen LogP contribution in [0.3, 0.4) is 0 Å². The highest BCUT2D eigenvalue weighted by Gasteiger charge is 2.39. The minimum Gasteiger partial charge on any atom is -0.393 e. The second-order valence-corrected chi connectivity index (χ2v) is 4.65. The summed E-state index contributed by atoms with van der Waals surface area (Å²) >= 11 is 4.77. The Morgan fingerprint density at radius 3 is 2.80 bits per heavy atom. The van der Waals surface area contributed by atoms with Crippen molar-refractivity contribution in [2.75, 3.05) is 20.2 Å². The summed E-state index contributed by atoms with van der Waals surface area (Å²) in [5.74, 6) is 0.0243. The van der Waals surface area contributed by atoms with Crippen LogP contribution in [0.4, 0.5) is 0 Å². The molecule has 0 saturated carbocycles. The Morgan fingerprint density at radius 1 is 1.67 bits per heavy atom. The lowest BCUT2D eigenvalue weighted by atomic mass is 10.0. The zero-order valence-corrected chi connectivity index (χ0v) is 10.1. The highest BCUT2D eigenvalue weighted by Crippen LogP contribution is 2.26. The molecule has 1 aliphatic heterocycles. The fourth-order valence-corrected chi connectivity index (χ4v) is 1.82. The average Bonchev–Trinajstić information content (AvgIpc) is 2.61. The lowest BCUT2D eigenvalue weighted by Gasteiger charge is -2.28. The number of carbonyl (C=O) groups is 1. The lowest BCUT2D eigenvalue weighted by molar-refractivity contribution is -0.149. The van der Waals surface area contributed by atoms with Gasteiger partial charge in [0.15, 0.2) is 0 Å². The molecule has 4 nitrogen and oxygen atoms in total. The van der Waals surface area contributed by atoms with Crippen molar-refractivity contribution in [1.29, 1.82) is 0 Å². The molecule has 2 N–H and O–H groups in total. The van der Waals surface area contributed by atoms with Crippen molar-refractivity contribution < 1.29 is 9.53 Å². The van der Waals surface area contributed by atoms with Gasteiger partial charge in [-0.25, -0.2) is 0 Å². The van der Waals surface area contributed by atoms with E-state index in [4.69, 9.17) is 22.7 Å². The number of carbonyl (C=O) groups excluding carboxylic acids is 1. The second-order valence-electron chi connectivity index (χ2n) is 4.13. The first-order valence-corrected chi connectivity index (χ1v) is 5.54. The van der Waals surface area contributed by atoms with Crippen LogP contribution in [-0.2, 0) is 9.53 Å². The molecule has 1 amide bonds. The highest BCUT2D eigenvalue weighted by atomic mass is 32.1. The maximum atomic E-state index is 12.0. The first-order chi connectivity index (χ1) is 6.96. The van der Waals surface area contributed by atoms with Crippen molar-refractivity contribution in [2.45, 2.75) is 31.8 Å². The van der Waals surface area contributed by atoms with Crippen LogP contribution in [0.15, 0.2) is 0 Å². The number of thiocarbonyl (C=S) groups is 1. The fourth-order valence-electron chi connectivity index (χ4n) is 1.73. The number of likely N-dealkylation sites (N-methyl/N-ethyl adjacent to an activating group) is 1. The molecule has 1 saturated heterocycles. The number of ether oxygens (including phenoxy) is 1. The Hall–Kier alpha value is -0.680. The van der Waals surface area contributed by atoms with Crippen molar-refractivity contribution in [2.24, 2.45) is 5.73 Å². The monoisotopic (exact) mass is 230 g/mol. The van der Waals surface area contributed by atoms with E-state index in [2.05, 4.69) is 0 Å². The van der Waals surface area contributed by atoms with Crippen LogP contribution in [0, 0.1) is 0 Å². The van der Waals surface area contributed by atoms with Gasteiger partial charge >= 0.3 is 0 Å². The molecule has 1 heterocycles. The van der Waals surface area contributed by atoms with Crippen LogP contribution in [-0.4, -0.2) is 41.6 Å². The third kappa shape index (κ3) is 3.14. The number of hydrogen-bond donors (Lipinski definition) is 1. The van der Waals surface area contributed by atoms with Crippen LogP contribution in [0.1, 0.15) is 26.2 Å². The SMILES string of the molecule is CN(CCC(N)=S)C(=O)C1(C)CCCO1. The first kappa shape index (κ1) is 12.4. The van der Waals surface area contributed by atoms with Crippen LogP contribution in [0.25, 0.3) is 0 Å². The zero-order chi connectivity index (χ0) is 11.5. The third-order valence-corrected chi connectivity index (χ3v) is 2.92. The minimum atomic E-state index is -0.634. The van der Waals surface area contributed by atoms with E-state index in [9.17, 15) is 4.79 Å². The summed E-state index contributed by atoms with van der Waals surface area (Å²) in [6, 6.07) is 0. The molecule has 15 heavy (non-hydrogen) atoms. The Kier molecular flexibility index (Phi) is 4.04. The molecular formula is C10H18N2O2S. The largest absolute Gasteiger partial charge is 0.393 e. The molecule has 1 rings (SSSR count). The molecule has 0 bridgehead atoms. The molecule has 1 aliphatic rings. The van der Waals surface area contributed by atoms with Gasteiger partial charge in [-0.3, -0.25) is 4.79 Å². The first-order valence-electron chi connectivity index (χ1n) is 5.13. The summed E-state index contributed by atoms with van der Waals surface area (Å²) in [6.07, 6.45) is 2.31. The van der Waals surface area contributed by atoms with Crippen LogP contribution in [0.2, 0.25) is 0 Å². The van der Waals surface area contributed by atoms with E-state index in [0.717, 1.165) is 12.8 Å². The molecule has 1 unspecified atom stereocenters. The predicted molar refractivity (Wildman–Crippen MR) is 62.6 cm³/mol. The Morgan fingerprint density at radius 2 is 2.33 bits per heavy atom. The summed E-state index contributed by atoms with van der Waals surface area (Å²) in [5, 5.41) is 0. The van der Waals surface area contributed by atoms with E-state index >= 15 is 0 Å². The number of nitrogens with two attached hydrogens (primary N) is 1. The van der Waals surface area contributed by atoms with Gasteiger partial charge in [-0.15, -0.1) is 0 Å². The number of hydrogen-bond acceptors (Lipinski definition) is 3.